The SMILES string of the molecule is c1ccc(-c2ccccc2-c2ccc(-n3cncn3)cc2)cc1. The van der Waals surface area contributed by atoms with Crippen LogP contribution in [0.25, 0.3) is 27.9 Å². The average molecular weight is 297 g/mol. The fourth-order valence-electron chi connectivity index (χ4n) is 2.74. The molecule has 0 fully saturated rings. The summed E-state index contributed by atoms with van der Waals surface area (Å²) in [5.74, 6) is 0. The van der Waals surface area contributed by atoms with E-state index < -0.39 is 0 Å². The Morgan fingerprint density at radius 1 is 0.609 bits per heavy atom. The van der Waals surface area contributed by atoms with Gasteiger partial charge in [0.15, 0.2) is 0 Å². The molecule has 23 heavy (non-hydrogen) atoms. The molecule has 0 amide bonds. The van der Waals surface area contributed by atoms with Crippen molar-refractivity contribution in [3.8, 4) is 27.9 Å². The van der Waals surface area contributed by atoms with Crippen LogP contribution >= 0.6 is 0 Å². The fourth-order valence-corrected chi connectivity index (χ4v) is 2.74. The molecule has 0 spiro atoms. The van der Waals surface area contributed by atoms with Crippen molar-refractivity contribution in [3.05, 3.63) is 91.5 Å². The van der Waals surface area contributed by atoms with Gasteiger partial charge in [-0.1, -0.05) is 66.7 Å². The molecular formula is C20H15N3. The average Bonchev–Trinajstić information content (AvgIpc) is 3.17. The zero-order valence-electron chi connectivity index (χ0n) is 12.5. The number of aromatic nitrogens is 3. The van der Waals surface area contributed by atoms with E-state index in [2.05, 4.69) is 82.9 Å². The molecule has 0 saturated heterocycles. The molecule has 0 bridgehead atoms. The number of nitrogens with zero attached hydrogens (tertiary/aromatic N) is 3. The molecule has 4 rings (SSSR count). The summed E-state index contributed by atoms with van der Waals surface area (Å²) in [5, 5.41) is 4.16. The first-order valence-electron chi connectivity index (χ1n) is 7.52. The normalized spacial score (nSPS) is 10.6. The van der Waals surface area contributed by atoms with Crippen molar-refractivity contribution < 1.29 is 0 Å². The van der Waals surface area contributed by atoms with E-state index in [0.717, 1.165) is 5.69 Å². The van der Waals surface area contributed by atoms with E-state index in [-0.39, 0.29) is 0 Å². The van der Waals surface area contributed by atoms with Gasteiger partial charge in [0.25, 0.3) is 0 Å². The molecule has 0 radical (unpaired) electrons. The Morgan fingerprint density at radius 2 is 1.22 bits per heavy atom. The molecule has 0 aliphatic rings. The minimum Gasteiger partial charge on any atom is -0.223 e. The van der Waals surface area contributed by atoms with Crippen molar-refractivity contribution in [2.24, 2.45) is 0 Å². The molecule has 0 atom stereocenters. The van der Waals surface area contributed by atoms with Gasteiger partial charge in [-0.05, 0) is 34.4 Å². The zero-order chi connectivity index (χ0) is 15.5. The van der Waals surface area contributed by atoms with Crippen molar-refractivity contribution in [2.75, 3.05) is 0 Å². The van der Waals surface area contributed by atoms with Gasteiger partial charge in [-0.25, -0.2) is 9.67 Å². The van der Waals surface area contributed by atoms with Crippen molar-refractivity contribution in [3.63, 3.8) is 0 Å². The van der Waals surface area contributed by atoms with Gasteiger partial charge < -0.3 is 0 Å². The highest BCUT2D eigenvalue weighted by molar-refractivity contribution is 5.83. The third-order valence-electron chi connectivity index (χ3n) is 3.87. The lowest BCUT2D eigenvalue weighted by Crippen LogP contribution is -1.93. The predicted octanol–water partition coefficient (Wildman–Crippen LogP) is 4.60. The highest BCUT2D eigenvalue weighted by atomic mass is 15.3. The van der Waals surface area contributed by atoms with E-state index in [0.29, 0.717) is 0 Å². The Balaban J connectivity index is 1.77. The Kier molecular flexibility index (Phi) is 3.45. The van der Waals surface area contributed by atoms with Crippen LogP contribution in [0.15, 0.2) is 91.5 Å². The summed E-state index contributed by atoms with van der Waals surface area (Å²) in [4.78, 5) is 3.98. The highest BCUT2D eigenvalue weighted by Gasteiger charge is 2.07. The zero-order valence-corrected chi connectivity index (χ0v) is 12.5. The summed E-state index contributed by atoms with van der Waals surface area (Å²) in [7, 11) is 0. The topological polar surface area (TPSA) is 30.7 Å². The monoisotopic (exact) mass is 297 g/mol. The van der Waals surface area contributed by atoms with Gasteiger partial charge in [0.05, 0.1) is 5.69 Å². The quantitative estimate of drug-likeness (QED) is 0.553. The maximum absolute atomic E-state index is 4.16. The van der Waals surface area contributed by atoms with Crippen molar-refractivity contribution in [1.29, 1.82) is 0 Å². The van der Waals surface area contributed by atoms with Crippen LogP contribution in [0.5, 0.6) is 0 Å². The Labute approximate surface area is 134 Å². The first-order valence-corrected chi connectivity index (χ1v) is 7.52. The second-order valence-corrected chi connectivity index (χ2v) is 5.30. The number of benzene rings is 3. The smallest absolute Gasteiger partial charge is 0.138 e. The molecule has 4 aromatic rings. The molecule has 0 unspecified atom stereocenters. The molecule has 3 aromatic carbocycles. The second kappa shape index (κ2) is 5.89. The molecule has 1 aromatic heterocycles. The van der Waals surface area contributed by atoms with Crippen molar-refractivity contribution >= 4 is 0 Å². The molecule has 0 aliphatic carbocycles. The number of hydrogen-bond acceptors (Lipinski definition) is 2. The van der Waals surface area contributed by atoms with Crippen LogP contribution in [0.3, 0.4) is 0 Å². The van der Waals surface area contributed by atoms with Gasteiger partial charge in [-0.15, -0.1) is 0 Å². The minimum absolute atomic E-state index is 1.00. The molecule has 0 saturated carbocycles. The summed E-state index contributed by atoms with van der Waals surface area (Å²) in [5.41, 5.74) is 5.88. The highest BCUT2D eigenvalue weighted by Crippen LogP contribution is 2.32. The summed E-state index contributed by atoms with van der Waals surface area (Å²) in [6, 6.07) is 27.3. The first kappa shape index (κ1) is 13.5. The van der Waals surface area contributed by atoms with Crippen LogP contribution in [0.4, 0.5) is 0 Å². The van der Waals surface area contributed by atoms with Crippen LogP contribution < -0.4 is 0 Å². The fraction of sp³-hybridized carbons (Fsp3) is 0. The summed E-state index contributed by atoms with van der Waals surface area (Å²) >= 11 is 0. The summed E-state index contributed by atoms with van der Waals surface area (Å²) in [6.07, 6.45) is 3.24. The van der Waals surface area contributed by atoms with E-state index in [4.69, 9.17) is 0 Å². The minimum atomic E-state index is 1.00. The van der Waals surface area contributed by atoms with E-state index in [9.17, 15) is 0 Å². The molecular weight excluding hydrogens is 282 g/mol. The maximum atomic E-state index is 4.16. The van der Waals surface area contributed by atoms with Gasteiger partial charge in [-0.3, -0.25) is 0 Å². The standard InChI is InChI=1S/C20H15N3/c1-2-6-16(7-3-1)19-8-4-5-9-20(19)17-10-12-18(13-11-17)23-15-21-14-22-23/h1-15H. The largest absolute Gasteiger partial charge is 0.223 e. The number of hydrogen-bond donors (Lipinski definition) is 0. The van der Waals surface area contributed by atoms with Gasteiger partial charge in [0.1, 0.15) is 12.7 Å². The summed E-state index contributed by atoms with van der Waals surface area (Å²) in [6.45, 7) is 0. The van der Waals surface area contributed by atoms with Crippen molar-refractivity contribution in [2.45, 2.75) is 0 Å². The van der Waals surface area contributed by atoms with Crippen LogP contribution in [0.1, 0.15) is 0 Å². The van der Waals surface area contributed by atoms with Gasteiger partial charge in [0.2, 0.25) is 0 Å². The Morgan fingerprint density at radius 3 is 1.83 bits per heavy atom. The van der Waals surface area contributed by atoms with Gasteiger partial charge in [-0.2, -0.15) is 5.10 Å². The van der Waals surface area contributed by atoms with Crippen LogP contribution in [0, 0.1) is 0 Å². The van der Waals surface area contributed by atoms with Gasteiger partial charge >= 0.3 is 0 Å². The Bertz CT molecular complexity index is 895. The molecule has 3 nitrogen and oxygen atoms in total. The van der Waals surface area contributed by atoms with Gasteiger partial charge in [0, 0.05) is 0 Å². The predicted molar refractivity (Wildman–Crippen MR) is 92.2 cm³/mol. The third-order valence-corrected chi connectivity index (χ3v) is 3.87. The lowest BCUT2D eigenvalue weighted by atomic mass is 9.94. The lowest BCUT2D eigenvalue weighted by molar-refractivity contribution is 0.879. The van der Waals surface area contributed by atoms with Crippen LogP contribution in [-0.4, -0.2) is 14.8 Å². The van der Waals surface area contributed by atoms with Crippen LogP contribution in [-0.2, 0) is 0 Å². The van der Waals surface area contributed by atoms with Crippen molar-refractivity contribution in [1.82, 2.24) is 14.8 Å². The van der Waals surface area contributed by atoms with E-state index in [1.54, 1.807) is 17.3 Å². The van der Waals surface area contributed by atoms with Crippen LogP contribution in [0.2, 0.25) is 0 Å². The summed E-state index contributed by atoms with van der Waals surface area (Å²) < 4.78 is 1.76. The number of rotatable bonds is 3. The van der Waals surface area contributed by atoms with E-state index >= 15 is 0 Å². The third kappa shape index (κ3) is 2.64. The molecule has 0 N–H and O–H groups in total. The first-order chi connectivity index (χ1) is 11.4. The second-order valence-electron chi connectivity index (χ2n) is 5.30. The molecule has 0 aliphatic heterocycles. The maximum Gasteiger partial charge on any atom is 0.138 e. The van der Waals surface area contributed by atoms with E-state index in [1.807, 2.05) is 6.07 Å². The molecule has 1 heterocycles. The van der Waals surface area contributed by atoms with E-state index in [1.165, 1.54) is 22.3 Å². The molecule has 3 heteroatoms. The molecule has 110 valence electrons. The Hall–Kier alpha value is -3.20. The lowest BCUT2D eigenvalue weighted by Gasteiger charge is -2.10.